The van der Waals surface area contributed by atoms with E-state index in [1.807, 2.05) is 0 Å². The Morgan fingerprint density at radius 2 is 2.40 bits per heavy atom. The van der Waals surface area contributed by atoms with Gasteiger partial charge in [-0.15, -0.1) is 0 Å². The second-order valence-electron chi connectivity index (χ2n) is 2.82. The summed E-state index contributed by atoms with van der Waals surface area (Å²) in [5.41, 5.74) is 0. The first-order chi connectivity index (χ1) is 7.09. The molecule has 0 saturated heterocycles. The van der Waals surface area contributed by atoms with Crippen molar-refractivity contribution in [3.63, 3.8) is 0 Å². The van der Waals surface area contributed by atoms with E-state index in [1.54, 1.807) is 0 Å². The minimum atomic E-state index is -1.09. The molecule has 0 aliphatic carbocycles. The highest BCUT2D eigenvalue weighted by Gasteiger charge is 2.13. The molecule has 8 nitrogen and oxygen atoms in total. The molecular weight excluding hydrogens is 202 g/mol. The van der Waals surface area contributed by atoms with Crippen LogP contribution < -0.4 is 10.6 Å². The molecule has 0 fully saturated rings. The molecule has 0 aliphatic rings. The van der Waals surface area contributed by atoms with E-state index < -0.39 is 18.0 Å². The zero-order valence-electron chi connectivity index (χ0n) is 8.02. The van der Waals surface area contributed by atoms with Crippen molar-refractivity contribution in [2.75, 3.05) is 0 Å². The summed E-state index contributed by atoms with van der Waals surface area (Å²) in [6, 6.07) is -1.50. The highest BCUT2D eigenvalue weighted by molar-refractivity contribution is 5.81. The molecule has 82 valence electrons. The van der Waals surface area contributed by atoms with Gasteiger partial charge >= 0.3 is 12.0 Å². The number of carbonyl (C=O) groups excluding carboxylic acids is 1. The molecule has 1 atom stereocenters. The average molecular weight is 213 g/mol. The van der Waals surface area contributed by atoms with Crippen LogP contribution in [0.1, 0.15) is 12.7 Å². The van der Waals surface area contributed by atoms with E-state index in [0.717, 1.165) is 0 Å². The van der Waals surface area contributed by atoms with Crippen molar-refractivity contribution in [2.24, 2.45) is 0 Å². The molecule has 0 radical (unpaired) electrons. The van der Waals surface area contributed by atoms with Crippen LogP contribution in [0.2, 0.25) is 0 Å². The predicted molar refractivity (Wildman–Crippen MR) is 48.9 cm³/mol. The number of amides is 2. The standard InChI is InChI=1S/C7H11N5O3/c1-4(6(13)14)11-7(15)8-2-5-9-3-10-12-5/h3-4H,2H2,1H3,(H,13,14)(H2,8,11,15)(H,9,10,12). The topological polar surface area (TPSA) is 120 Å². The first-order valence-corrected chi connectivity index (χ1v) is 4.21. The third kappa shape index (κ3) is 3.63. The summed E-state index contributed by atoms with van der Waals surface area (Å²) < 4.78 is 0. The van der Waals surface area contributed by atoms with Crippen LogP contribution in [0.25, 0.3) is 0 Å². The van der Waals surface area contributed by atoms with Crippen LogP contribution in [0.15, 0.2) is 6.33 Å². The van der Waals surface area contributed by atoms with Gasteiger partial charge in [0.05, 0.1) is 6.54 Å². The fourth-order valence-corrected chi connectivity index (χ4v) is 0.789. The molecule has 2 amide bonds. The minimum Gasteiger partial charge on any atom is -0.480 e. The maximum Gasteiger partial charge on any atom is 0.325 e. The van der Waals surface area contributed by atoms with Crippen molar-refractivity contribution in [1.82, 2.24) is 25.8 Å². The molecule has 8 heteroatoms. The predicted octanol–water partition coefficient (Wildman–Crippen LogP) is -0.923. The van der Waals surface area contributed by atoms with Crippen LogP contribution in [-0.4, -0.2) is 38.3 Å². The van der Waals surface area contributed by atoms with Crippen molar-refractivity contribution in [1.29, 1.82) is 0 Å². The van der Waals surface area contributed by atoms with Crippen molar-refractivity contribution < 1.29 is 14.7 Å². The van der Waals surface area contributed by atoms with Gasteiger partial charge in [0.15, 0.2) is 0 Å². The second kappa shape index (κ2) is 4.94. The van der Waals surface area contributed by atoms with Gasteiger partial charge in [0.1, 0.15) is 18.2 Å². The van der Waals surface area contributed by atoms with Crippen molar-refractivity contribution >= 4 is 12.0 Å². The van der Waals surface area contributed by atoms with Crippen molar-refractivity contribution in [3.8, 4) is 0 Å². The fraction of sp³-hybridized carbons (Fsp3) is 0.429. The van der Waals surface area contributed by atoms with Crippen LogP contribution in [0.3, 0.4) is 0 Å². The fourth-order valence-electron chi connectivity index (χ4n) is 0.789. The molecule has 0 aliphatic heterocycles. The Morgan fingerprint density at radius 1 is 1.67 bits per heavy atom. The summed E-state index contributed by atoms with van der Waals surface area (Å²) >= 11 is 0. The molecule has 15 heavy (non-hydrogen) atoms. The number of hydrogen-bond acceptors (Lipinski definition) is 4. The Hall–Kier alpha value is -2.12. The zero-order valence-corrected chi connectivity index (χ0v) is 8.02. The van der Waals surface area contributed by atoms with Gasteiger partial charge in [0.25, 0.3) is 0 Å². The van der Waals surface area contributed by atoms with Gasteiger partial charge in [-0.05, 0) is 6.92 Å². The van der Waals surface area contributed by atoms with Crippen LogP contribution in [0.4, 0.5) is 4.79 Å². The lowest BCUT2D eigenvalue weighted by Gasteiger charge is -2.09. The number of H-pyrrole nitrogens is 1. The number of nitrogens with one attached hydrogen (secondary N) is 3. The average Bonchev–Trinajstić information content (AvgIpc) is 2.66. The van der Waals surface area contributed by atoms with E-state index in [9.17, 15) is 9.59 Å². The van der Waals surface area contributed by atoms with Gasteiger partial charge in [0, 0.05) is 0 Å². The van der Waals surface area contributed by atoms with Crippen LogP contribution in [0.5, 0.6) is 0 Å². The van der Waals surface area contributed by atoms with E-state index in [4.69, 9.17) is 5.11 Å². The summed E-state index contributed by atoms with van der Waals surface area (Å²) in [6.45, 7) is 1.54. The molecule has 4 N–H and O–H groups in total. The minimum absolute atomic E-state index is 0.165. The summed E-state index contributed by atoms with van der Waals surface area (Å²) in [5, 5.41) is 19.3. The molecule has 0 bridgehead atoms. The molecule has 1 unspecified atom stereocenters. The van der Waals surface area contributed by atoms with Crippen molar-refractivity contribution in [3.05, 3.63) is 12.2 Å². The lowest BCUT2D eigenvalue weighted by molar-refractivity contribution is -0.138. The highest BCUT2D eigenvalue weighted by atomic mass is 16.4. The van der Waals surface area contributed by atoms with E-state index in [-0.39, 0.29) is 6.54 Å². The van der Waals surface area contributed by atoms with Gasteiger partial charge in [0.2, 0.25) is 0 Å². The first kappa shape index (κ1) is 11.0. The Kier molecular flexibility index (Phi) is 3.61. The number of aromatic amines is 1. The lowest BCUT2D eigenvalue weighted by Crippen LogP contribution is -2.44. The lowest BCUT2D eigenvalue weighted by atomic mass is 10.3. The normalized spacial score (nSPS) is 11.8. The number of carbonyl (C=O) groups is 2. The number of hydrogen-bond donors (Lipinski definition) is 4. The number of carboxylic acids is 1. The quantitative estimate of drug-likeness (QED) is 0.515. The second-order valence-corrected chi connectivity index (χ2v) is 2.82. The molecule has 0 saturated carbocycles. The maximum atomic E-state index is 11.1. The molecule has 0 aromatic carbocycles. The monoisotopic (exact) mass is 213 g/mol. The zero-order chi connectivity index (χ0) is 11.3. The number of aliphatic carboxylic acids is 1. The maximum absolute atomic E-state index is 11.1. The van der Waals surface area contributed by atoms with Gasteiger partial charge in [-0.1, -0.05) is 0 Å². The molecule has 1 aromatic rings. The van der Waals surface area contributed by atoms with Gasteiger partial charge < -0.3 is 15.7 Å². The van der Waals surface area contributed by atoms with Gasteiger partial charge in [-0.25, -0.2) is 9.78 Å². The molecular formula is C7H11N5O3. The van der Waals surface area contributed by atoms with E-state index in [2.05, 4.69) is 25.8 Å². The van der Waals surface area contributed by atoms with Gasteiger partial charge in [-0.2, -0.15) is 5.10 Å². The molecule has 1 aromatic heterocycles. The summed E-state index contributed by atoms with van der Waals surface area (Å²) in [5.74, 6) is -0.599. The number of urea groups is 1. The van der Waals surface area contributed by atoms with E-state index in [1.165, 1.54) is 13.3 Å². The summed E-state index contributed by atoms with van der Waals surface area (Å²) in [4.78, 5) is 25.3. The largest absolute Gasteiger partial charge is 0.480 e. The third-order valence-electron chi connectivity index (χ3n) is 1.60. The van der Waals surface area contributed by atoms with Gasteiger partial charge in [-0.3, -0.25) is 9.89 Å². The van der Waals surface area contributed by atoms with Crippen LogP contribution >= 0.6 is 0 Å². The Bertz CT molecular complexity index is 336. The number of carboxylic acid groups (broad SMARTS) is 1. The Labute approximate surface area is 85.1 Å². The Balaban J connectivity index is 2.28. The number of nitrogens with zero attached hydrogens (tertiary/aromatic N) is 2. The van der Waals surface area contributed by atoms with E-state index >= 15 is 0 Å². The summed E-state index contributed by atoms with van der Waals surface area (Å²) in [6.07, 6.45) is 1.31. The molecule has 1 rings (SSSR count). The number of rotatable bonds is 4. The van der Waals surface area contributed by atoms with Crippen LogP contribution in [-0.2, 0) is 11.3 Å². The van der Waals surface area contributed by atoms with E-state index in [0.29, 0.717) is 5.82 Å². The summed E-state index contributed by atoms with van der Waals surface area (Å²) in [7, 11) is 0. The molecule has 0 spiro atoms. The SMILES string of the molecule is CC(NC(=O)NCc1ncn[nH]1)C(=O)O. The first-order valence-electron chi connectivity index (χ1n) is 4.21. The molecule has 1 heterocycles. The smallest absolute Gasteiger partial charge is 0.325 e. The van der Waals surface area contributed by atoms with Crippen molar-refractivity contribution in [2.45, 2.75) is 19.5 Å². The third-order valence-corrected chi connectivity index (χ3v) is 1.60. The Morgan fingerprint density at radius 3 is 2.93 bits per heavy atom. The number of aromatic nitrogens is 3. The van der Waals surface area contributed by atoms with Crippen LogP contribution in [0, 0.1) is 0 Å². The highest BCUT2D eigenvalue weighted by Crippen LogP contribution is 1.85.